The standard InChI is InChI=1S/C14H17Cl2FN2/c15-12-4-8(17)5-13(16)14(12)19-10-2-1-3-11(19)7-9(18)6-10/h4-5,9-11H,1-3,6-7,18H2. The lowest BCUT2D eigenvalue weighted by Crippen LogP contribution is -2.55. The van der Waals surface area contributed by atoms with Crippen molar-refractivity contribution in [3.63, 3.8) is 0 Å². The van der Waals surface area contributed by atoms with Crippen molar-refractivity contribution in [2.45, 2.75) is 50.2 Å². The minimum absolute atomic E-state index is 0.254. The number of fused-ring (bicyclic) bond motifs is 2. The quantitative estimate of drug-likeness (QED) is 0.850. The summed E-state index contributed by atoms with van der Waals surface area (Å²) in [6, 6.07) is 3.69. The molecule has 0 aromatic heterocycles. The Morgan fingerprint density at radius 1 is 1.11 bits per heavy atom. The Bertz CT molecular complexity index is 457. The zero-order chi connectivity index (χ0) is 13.6. The monoisotopic (exact) mass is 302 g/mol. The first-order chi connectivity index (χ1) is 9.06. The molecule has 2 N–H and O–H groups in total. The molecule has 2 unspecified atom stereocenters. The summed E-state index contributed by atoms with van der Waals surface area (Å²) in [4.78, 5) is 2.29. The highest BCUT2D eigenvalue weighted by Gasteiger charge is 2.38. The fraction of sp³-hybridized carbons (Fsp3) is 0.571. The summed E-state index contributed by atoms with van der Waals surface area (Å²) in [5, 5.41) is 0.801. The molecule has 0 radical (unpaired) electrons. The van der Waals surface area contributed by atoms with E-state index in [1.165, 1.54) is 18.6 Å². The third kappa shape index (κ3) is 2.44. The van der Waals surface area contributed by atoms with Crippen LogP contribution in [0.2, 0.25) is 10.0 Å². The van der Waals surface area contributed by atoms with Crippen LogP contribution in [0.15, 0.2) is 12.1 Å². The first kappa shape index (κ1) is 13.5. The number of benzene rings is 1. The number of nitrogens with two attached hydrogens (primary N) is 1. The zero-order valence-electron chi connectivity index (χ0n) is 10.6. The lowest BCUT2D eigenvalue weighted by molar-refractivity contribution is 0.271. The van der Waals surface area contributed by atoms with E-state index in [1.807, 2.05) is 0 Å². The predicted octanol–water partition coefficient (Wildman–Crippen LogP) is 3.98. The van der Waals surface area contributed by atoms with E-state index in [-0.39, 0.29) is 6.04 Å². The Labute approximate surface area is 122 Å². The van der Waals surface area contributed by atoms with Gasteiger partial charge >= 0.3 is 0 Å². The molecule has 0 amide bonds. The van der Waals surface area contributed by atoms with Crippen molar-refractivity contribution < 1.29 is 4.39 Å². The molecule has 0 aliphatic carbocycles. The largest absolute Gasteiger partial charge is 0.363 e. The van der Waals surface area contributed by atoms with Gasteiger partial charge in [-0.1, -0.05) is 23.2 Å². The van der Waals surface area contributed by atoms with Crippen molar-refractivity contribution >= 4 is 28.9 Å². The van der Waals surface area contributed by atoms with Gasteiger partial charge in [0.2, 0.25) is 0 Å². The molecule has 2 aliphatic rings. The Hall–Kier alpha value is -0.510. The van der Waals surface area contributed by atoms with Crippen LogP contribution >= 0.6 is 23.2 Å². The molecule has 1 aromatic carbocycles. The second kappa shape index (κ2) is 5.12. The van der Waals surface area contributed by atoms with E-state index in [1.54, 1.807) is 0 Å². The van der Waals surface area contributed by atoms with E-state index in [4.69, 9.17) is 28.9 Å². The Morgan fingerprint density at radius 3 is 2.16 bits per heavy atom. The molecule has 2 nitrogen and oxygen atoms in total. The molecule has 2 heterocycles. The van der Waals surface area contributed by atoms with Crippen LogP contribution in [0.5, 0.6) is 0 Å². The highest BCUT2D eigenvalue weighted by molar-refractivity contribution is 6.39. The third-order valence-electron chi connectivity index (χ3n) is 4.25. The Morgan fingerprint density at radius 2 is 1.63 bits per heavy atom. The SMILES string of the molecule is NC1CC2CCCC(C1)N2c1c(Cl)cc(F)cc1Cl. The fourth-order valence-corrected chi connectivity index (χ4v) is 4.23. The van der Waals surface area contributed by atoms with Crippen LogP contribution in [0.1, 0.15) is 32.1 Å². The van der Waals surface area contributed by atoms with Gasteiger partial charge in [-0.15, -0.1) is 0 Å². The van der Waals surface area contributed by atoms with E-state index in [0.29, 0.717) is 22.1 Å². The topological polar surface area (TPSA) is 29.3 Å². The van der Waals surface area contributed by atoms with Gasteiger partial charge in [-0.3, -0.25) is 0 Å². The number of hydrogen-bond donors (Lipinski definition) is 1. The van der Waals surface area contributed by atoms with Crippen molar-refractivity contribution in [2.24, 2.45) is 5.73 Å². The second-order valence-corrected chi connectivity index (χ2v) is 6.41. The van der Waals surface area contributed by atoms with Crippen LogP contribution in [-0.2, 0) is 0 Å². The summed E-state index contributed by atoms with van der Waals surface area (Å²) >= 11 is 12.4. The summed E-state index contributed by atoms with van der Waals surface area (Å²) < 4.78 is 13.3. The number of piperidine rings is 2. The summed E-state index contributed by atoms with van der Waals surface area (Å²) in [6.07, 6.45) is 5.35. The van der Waals surface area contributed by atoms with Gasteiger partial charge in [0.15, 0.2) is 0 Å². The van der Waals surface area contributed by atoms with Crippen LogP contribution in [0.4, 0.5) is 10.1 Å². The van der Waals surface area contributed by atoms with Crippen LogP contribution in [0, 0.1) is 5.82 Å². The zero-order valence-corrected chi connectivity index (χ0v) is 12.1. The first-order valence-electron chi connectivity index (χ1n) is 6.74. The lowest BCUT2D eigenvalue weighted by atomic mass is 9.81. The predicted molar refractivity (Wildman–Crippen MR) is 77.5 cm³/mol. The molecule has 1 aromatic rings. The highest BCUT2D eigenvalue weighted by Crippen LogP contribution is 2.43. The molecule has 2 bridgehead atoms. The third-order valence-corrected chi connectivity index (χ3v) is 4.83. The van der Waals surface area contributed by atoms with Crippen molar-refractivity contribution in [3.8, 4) is 0 Å². The van der Waals surface area contributed by atoms with Crippen molar-refractivity contribution in [2.75, 3.05) is 4.90 Å². The van der Waals surface area contributed by atoms with Gasteiger partial charge in [0, 0.05) is 18.1 Å². The number of rotatable bonds is 1. The normalized spacial score (nSPS) is 30.5. The average molecular weight is 303 g/mol. The molecule has 2 fully saturated rings. The maximum Gasteiger partial charge on any atom is 0.126 e. The van der Waals surface area contributed by atoms with E-state index in [9.17, 15) is 4.39 Å². The molecule has 0 spiro atoms. The molecule has 2 aliphatic heterocycles. The van der Waals surface area contributed by atoms with Crippen LogP contribution in [0.25, 0.3) is 0 Å². The number of anilines is 1. The van der Waals surface area contributed by atoms with Gasteiger partial charge in [-0.2, -0.15) is 0 Å². The molecule has 5 heteroatoms. The summed E-state index contributed by atoms with van der Waals surface area (Å²) in [5.74, 6) is -0.391. The molecule has 2 atom stereocenters. The van der Waals surface area contributed by atoms with E-state index in [0.717, 1.165) is 31.4 Å². The lowest BCUT2D eigenvalue weighted by Gasteiger charge is -2.50. The highest BCUT2D eigenvalue weighted by atomic mass is 35.5. The summed E-state index contributed by atoms with van der Waals surface area (Å²) in [5.41, 5.74) is 6.90. The average Bonchev–Trinajstić information content (AvgIpc) is 2.28. The molecular weight excluding hydrogens is 286 g/mol. The number of nitrogens with zero attached hydrogens (tertiary/aromatic N) is 1. The molecule has 0 saturated carbocycles. The van der Waals surface area contributed by atoms with Gasteiger partial charge in [0.25, 0.3) is 0 Å². The summed E-state index contributed by atoms with van der Waals surface area (Å²) in [7, 11) is 0. The van der Waals surface area contributed by atoms with Gasteiger partial charge in [0.05, 0.1) is 15.7 Å². The van der Waals surface area contributed by atoms with Gasteiger partial charge in [0.1, 0.15) is 5.82 Å². The van der Waals surface area contributed by atoms with Crippen molar-refractivity contribution in [1.82, 2.24) is 0 Å². The van der Waals surface area contributed by atoms with Crippen molar-refractivity contribution in [1.29, 1.82) is 0 Å². The molecular formula is C14H17Cl2FN2. The van der Waals surface area contributed by atoms with Crippen LogP contribution in [0.3, 0.4) is 0 Å². The van der Waals surface area contributed by atoms with E-state index in [2.05, 4.69) is 4.90 Å². The number of hydrogen-bond acceptors (Lipinski definition) is 2. The Balaban J connectivity index is 2.02. The first-order valence-corrected chi connectivity index (χ1v) is 7.50. The second-order valence-electron chi connectivity index (χ2n) is 5.60. The van der Waals surface area contributed by atoms with Crippen molar-refractivity contribution in [3.05, 3.63) is 28.0 Å². The Kier molecular flexibility index (Phi) is 3.63. The summed E-state index contributed by atoms with van der Waals surface area (Å²) in [6.45, 7) is 0. The van der Waals surface area contributed by atoms with Crippen LogP contribution in [-0.4, -0.2) is 18.1 Å². The fourth-order valence-electron chi connectivity index (χ4n) is 3.57. The maximum absolute atomic E-state index is 13.3. The maximum atomic E-state index is 13.3. The van der Waals surface area contributed by atoms with E-state index >= 15 is 0 Å². The molecule has 3 rings (SSSR count). The minimum Gasteiger partial charge on any atom is -0.363 e. The smallest absolute Gasteiger partial charge is 0.126 e. The van der Waals surface area contributed by atoms with E-state index < -0.39 is 5.82 Å². The van der Waals surface area contributed by atoms with Gasteiger partial charge in [-0.05, 0) is 44.2 Å². The van der Waals surface area contributed by atoms with Gasteiger partial charge < -0.3 is 10.6 Å². The number of halogens is 3. The minimum atomic E-state index is -0.391. The molecule has 19 heavy (non-hydrogen) atoms. The van der Waals surface area contributed by atoms with Gasteiger partial charge in [-0.25, -0.2) is 4.39 Å². The molecule has 2 saturated heterocycles. The van der Waals surface area contributed by atoms with Crippen LogP contribution < -0.4 is 10.6 Å². The molecule has 104 valence electrons.